The highest BCUT2D eigenvalue weighted by Crippen LogP contribution is 2.24. The molecule has 1 aliphatic rings. The van der Waals surface area contributed by atoms with Crippen molar-refractivity contribution in [2.45, 2.75) is 85.4 Å². The summed E-state index contributed by atoms with van der Waals surface area (Å²) in [5, 5.41) is 3.82. The van der Waals surface area contributed by atoms with Gasteiger partial charge in [0.05, 0.1) is 0 Å². The molecule has 0 aromatic rings. The molecule has 1 rings (SSSR count). The lowest BCUT2D eigenvalue weighted by Gasteiger charge is -2.46. The van der Waals surface area contributed by atoms with Crippen molar-refractivity contribution in [3.63, 3.8) is 0 Å². The summed E-state index contributed by atoms with van der Waals surface area (Å²) in [6.07, 6.45) is 5.19. The molecule has 0 spiro atoms. The van der Waals surface area contributed by atoms with Gasteiger partial charge in [0.2, 0.25) is 0 Å². The van der Waals surface area contributed by atoms with Crippen LogP contribution in [0.2, 0.25) is 0 Å². The van der Waals surface area contributed by atoms with Crippen LogP contribution in [0.1, 0.15) is 67.2 Å². The molecule has 0 bridgehead atoms. The van der Waals surface area contributed by atoms with Gasteiger partial charge in [-0.05, 0) is 31.1 Å². The Hall–Kier alpha value is -0.0800. The zero-order chi connectivity index (χ0) is 14.4. The van der Waals surface area contributed by atoms with Crippen molar-refractivity contribution in [1.29, 1.82) is 0 Å². The largest absolute Gasteiger partial charge is 0.311 e. The quantitative estimate of drug-likeness (QED) is 0.753. The lowest BCUT2D eigenvalue weighted by Crippen LogP contribution is -2.61. The first-order valence-electron chi connectivity index (χ1n) is 8.52. The van der Waals surface area contributed by atoms with Crippen LogP contribution in [0.3, 0.4) is 0 Å². The third kappa shape index (κ3) is 4.75. The number of nitrogens with one attached hydrogen (secondary N) is 1. The van der Waals surface area contributed by atoms with Gasteiger partial charge in [-0.3, -0.25) is 4.90 Å². The zero-order valence-corrected chi connectivity index (χ0v) is 14.1. The fourth-order valence-corrected chi connectivity index (χ4v) is 3.48. The van der Waals surface area contributed by atoms with Gasteiger partial charge in [0.25, 0.3) is 0 Å². The lowest BCUT2D eigenvalue weighted by molar-refractivity contribution is 0.0519. The maximum absolute atomic E-state index is 3.82. The molecule has 1 heterocycles. The molecular weight excluding hydrogens is 232 g/mol. The standard InChI is InChI=1S/C17H36N2/c1-7-14(6)17-12-19(15(8-2)9-3)16(11-18-17)10-13(4)5/h13-18H,7-12H2,1-6H3. The van der Waals surface area contributed by atoms with E-state index in [1.54, 1.807) is 0 Å². The van der Waals surface area contributed by atoms with Crippen molar-refractivity contribution in [1.82, 2.24) is 10.2 Å². The van der Waals surface area contributed by atoms with E-state index in [0.717, 1.165) is 23.9 Å². The molecule has 2 nitrogen and oxygen atoms in total. The Morgan fingerprint density at radius 2 is 1.68 bits per heavy atom. The van der Waals surface area contributed by atoms with Crippen molar-refractivity contribution >= 4 is 0 Å². The molecule has 3 unspecified atom stereocenters. The fraction of sp³-hybridized carbons (Fsp3) is 1.00. The molecule has 0 radical (unpaired) electrons. The Kier molecular flexibility index (Phi) is 7.38. The summed E-state index contributed by atoms with van der Waals surface area (Å²) < 4.78 is 0. The average Bonchev–Trinajstić information content (AvgIpc) is 2.40. The van der Waals surface area contributed by atoms with Crippen LogP contribution in [0, 0.1) is 11.8 Å². The maximum atomic E-state index is 3.82. The molecule has 0 amide bonds. The van der Waals surface area contributed by atoms with E-state index in [0.29, 0.717) is 6.04 Å². The summed E-state index contributed by atoms with van der Waals surface area (Å²) in [4.78, 5) is 2.83. The third-order valence-electron chi connectivity index (χ3n) is 4.98. The van der Waals surface area contributed by atoms with E-state index in [1.807, 2.05) is 0 Å². The lowest BCUT2D eigenvalue weighted by atomic mass is 9.91. The minimum absolute atomic E-state index is 0.689. The SMILES string of the molecule is CCC(C)C1CN(C(CC)CC)C(CC(C)C)CN1. The molecule has 2 heteroatoms. The van der Waals surface area contributed by atoms with E-state index in [4.69, 9.17) is 0 Å². The summed E-state index contributed by atoms with van der Waals surface area (Å²) in [7, 11) is 0. The number of piperazine rings is 1. The van der Waals surface area contributed by atoms with Crippen molar-refractivity contribution in [2.24, 2.45) is 11.8 Å². The second-order valence-corrected chi connectivity index (χ2v) is 6.85. The summed E-state index contributed by atoms with van der Waals surface area (Å²) in [5.41, 5.74) is 0. The van der Waals surface area contributed by atoms with Crippen molar-refractivity contribution in [2.75, 3.05) is 13.1 Å². The van der Waals surface area contributed by atoms with E-state index in [-0.39, 0.29) is 0 Å². The maximum Gasteiger partial charge on any atom is 0.0226 e. The minimum atomic E-state index is 0.689. The minimum Gasteiger partial charge on any atom is -0.311 e. The molecule has 1 fully saturated rings. The monoisotopic (exact) mass is 268 g/mol. The third-order valence-corrected chi connectivity index (χ3v) is 4.98. The Morgan fingerprint density at radius 1 is 1.05 bits per heavy atom. The molecule has 0 aliphatic carbocycles. The number of nitrogens with zero attached hydrogens (tertiary/aromatic N) is 1. The Labute approximate surface area is 121 Å². The second-order valence-electron chi connectivity index (χ2n) is 6.85. The van der Waals surface area contributed by atoms with Crippen LogP contribution in [0.4, 0.5) is 0 Å². The zero-order valence-electron chi connectivity index (χ0n) is 14.1. The van der Waals surface area contributed by atoms with Crippen LogP contribution in [0.15, 0.2) is 0 Å². The van der Waals surface area contributed by atoms with Crippen LogP contribution in [-0.4, -0.2) is 36.1 Å². The second kappa shape index (κ2) is 8.26. The van der Waals surface area contributed by atoms with E-state index in [1.165, 1.54) is 38.8 Å². The molecule has 1 N–H and O–H groups in total. The van der Waals surface area contributed by atoms with Gasteiger partial charge in [0.15, 0.2) is 0 Å². The van der Waals surface area contributed by atoms with E-state index in [2.05, 4.69) is 51.8 Å². The van der Waals surface area contributed by atoms with Gasteiger partial charge in [-0.25, -0.2) is 0 Å². The molecule has 3 atom stereocenters. The van der Waals surface area contributed by atoms with Gasteiger partial charge < -0.3 is 5.32 Å². The van der Waals surface area contributed by atoms with Crippen LogP contribution < -0.4 is 5.32 Å². The smallest absolute Gasteiger partial charge is 0.0226 e. The molecule has 1 aliphatic heterocycles. The van der Waals surface area contributed by atoms with Crippen LogP contribution in [0.5, 0.6) is 0 Å². The van der Waals surface area contributed by atoms with E-state index < -0.39 is 0 Å². The predicted molar refractivity (Wildman–Crippen MR) is 85.6 cm³/mol. The molecule has 1 saturated heterocycles. The normalized spacial score (nSPS) is 27.2. The van der Waals surface area contributed by atoms with Crippen LogP contribution in [0.25, 0.3) is 0 Å². The molecule has 0 aromatic carbocycles. The molecule has 0 saturated carbocycles. The predicted octanol–water partition coefficient (Wildman–Crippen LogP) is 3.91. The molecular formula is C17H36N2. The highest BCUT2D eigenvalue weighted by Gasteiger charge is 2.33. The van der Waals surface area contributed by atoms with Crippen LogP contribution >= 0.6 is 0 Å². The molecule has 0 aromatic heterocycles. The summed E-state index contributed by atoms with van der Waals surface area (Å²) >= 11 is 0. The Morgan fingerprint density at radius 3 is 2.16 bits per heavy atom. The highest BCUT2D eigenvalue weighted by molar-refractivity contribution is 4.91. The summed E-state index contributed by atoms with van der Waals surface area (Å²) in [6, 6.07) is 2.21. The Balaban J connectivity index is 2.73. The first kappa shape index (κ1) is 17.0. The summed E-state index contributed by atoms with van der Waals surface area (Å²) in [6.45, 7) is 16.5. The van der Waals surface area contributed by atoms with Crippen LogP contribution in [-0.2, 0) is 0 Å². The molecule has 114 valence electrons. The van der Waals surface area contributed by atoms with Gasteiger partial charge >= 0.3 is 0 Å². The van der Waals surface area contributed by atoms with Crippen molar-refractivity contribution in [3.05, 3.63) is 0 Å². The first-order chi connectivity index (χ1) is 9.03. The number of hydrogen-bond acceptors (Lipinski definition) is 2. The number of hydrogen-bond donors (Lipinski definition) is 1. The highest BCUT2D eigenvalue weighted by atomic mass is 15.3. The fourth-order valence-electron chi connectivity index (χ4n) is 3.48. The topological polar surface area (TPSA) is 15.3 Å². The number of rotatable bonds is 7. The van der Waals surface area contributed by atoms with Gasteiger partial charge in [0, 0.05) is 31.2 Å². The van der Waals surface area contributed by atoms with E-state index >= 15 is 0 Å². The van der Waals surface area contributed by atoms with Gasteiger partial charge in [-0.15, -0.1) is 0 Å². The van der Waals surface area contributed by atoms with Gasteiger partial charge in [-0.2, -0.15) is 0 Å². The van der Waals surface area contributed by atoms with Gasteiger partial charge in [0.1, 0.15) is 0 Å². The van der Waals surface area contributed by atoms with Gasteiger partial charge in [-0.1, -0.05) is 48.0 Å². The van der Waals surface area contributed by atoms with E-state index in [9.17, 15) is 0 Å². The Bertz CT molecular complexity index is 235. The average molecular weight is 268 g/mol. The van der Waals surface area contributed by atoms with Crippen molar-refractivity contribution in [3.8, 4) is 0 Å². The molecule has 19 heavy (non-hydrogen) atoms. The first-order valence-corrected chi connectivity index (χ1v) is 8.52. The van der Waals surface area contributed by atoms with Crippen molar-refractivity contribution < 1.29 is 0 Å². The summed E-state index contributed by atoms with van der Waals surface area (Å²) in [5.74, 6) is 1.58.